The predicted molar refractivity (Wildman–Crippen MR) is 111 cm³/mol. The van der Waals surface area contributed by atoms with E-state index in [-0.39, 0.29) is 5.41 Å². The Balaban J connectivity index is 2.11. The number of rotatable bonds is 2. The molecule has 0 radical (unpaired) electrons. The second-order valence-corrected chi connectivity index (χ2v) is 7.86. The Hall–Kier alpha value is -1.99. The van der Waals surface area contributed by atoms with Gasteiger partial charge in [-0.05, 0) is 51.4 Å². The lowest BCUT2D eigenvalue weighted by atomic mass is 9.86. The molecule has 0 N–H and O–H groups in total. The van der Waals surface area contributed by atoms with Gasteiger partial charge in [0, 0.05) is 4.91 Å². The zero-order valence-electron chi connectivity index (χ0n) is 14.8. The Bertz CT molecular complexity index is 911. The van der Waals surface area contributed by atoms with Crippen molar-refractivity contribution in [1.82, 2.24) is 0 Å². The first kappa shape index (κ1) is 16.9. The van der Waals surface area contributed by atoms with Crippen LogP contribution in [0, 0.1) is 6.92 Å². The number of hydrogen-bond donors (Lipinski definition) is 1. The molecule has 122 valence electrons. The fourth-order valence-electron chi connectivity index (χ4n) is 2.96. The quantitative estimate of drug-likeness (QED) is 0.384. The Labute approximate surface area is 150 Å². The van der Waals surface area contributed by atoms with Crippen molar-refractivity contribution in [2.24, 2.45) is 0 Å². The van der Waals surface area contributed by atoms with Crippen LogP contribution in [0.3, 0.4) is 0 Å². The van der Waals surface area contributed by atoms with Crippen LogP contribution in [0.25, 0.3) is 21.8 Å². The van der Waals surface area contributed by atoms with Crippen molar-refractivity contribution in [1.29, 1.82) is 0 Å². The molecular weight excluding hydrogens is 308 g/mol. The minimum atomic E-state index is 0.138. The van der Waals surface area contributed by atoms with Gasteiger partial charge in [0.15, 0.2) is 0 Å². The van der Waals surface area contributed by atoms with Gasteiger partial charge < -0.3 is 0 Å². The van der Waals surface area contributed by atoms with E-state index in [9.17, 15) is 0 Å². The van der Waals surface area contributed by atoms with Crippen molar-refractivity contribution in [2.75, 3.05) is 0 Å². The minimum Gasteiger partial charge on any atom is -0.143 e. The maximum atomic E-state index is 4.81. The molecule has 1 heteroatoms. The van der Waals surface area contributed by atoms with Crippen molar-refractivity contribution in [3.8, 4) is 0 Å². The summed E-state index contributed by atoms with van der Waals surface area (Å²) >= 11 is 4.81. The van der Waals surface area contributed by atoms with E-state index in [4.69, 9.17) is 12.6 Å². The molecule has 0 aliphatic rings. The highest BCUT2D eigenvalue weighted by molar-refractivity contribution is 7.90. The summed E-state index contributed by atoms with van der Waals surface area (Å²) in [7, 11) is 0. The van der Waals surface area contributed by atoms with Gasteiger partial charge in [0.1, 0.15) is 0 Å². The average Bonchev–Trinajstić information content (AvgIpc) is 2.57. The van der Waals surface area contributed by atoms with E-state index in [0.717, 1.165) is 10.5 Å². The van der Waals surface area contributed by atoms with Crippen molar-refractivity contribution in [3.05, 3.63) is 82.9 Å². The summed E-state index contributed by atoms with van der Waals surface area (Å²) < 4.78 is 0. The molecule has 3 rings (SSSR count). The second kappa shape index (κ2) is 6.49. The molecule has 0 saturated heterocycles. The maximum Gasteiger partial charge on any atom is 0.0119 e. The SMILES string of the molecule is Cc1ccc2ccccc2c1/C=C(/S)c1cccc(C(C)(C)C)c1. The van der Waals surface area contributed by atoms with Gasteiger partial charge in [-0.1, -0.05) is 81.4 Å². The molecule has 0 heterocycles. The van der Waals surface area contributed by atoms with Gasteiger partial charge in [0.05, 0.1) is 0 Å². The minimum absolute atomic E-state index is 0.138. The number of thiol groups is 1. The molecule has 0 aromatic heterocycles. The van der Waals surface area contributed by atoms with Crippen LogP contribution >= 0.6 is 12.6 Å². The first-order valence-electron chi connectivity index (χ1n) is 8.36. The summed E-state index contributed by atoms with van der Waals surface area (Å²) in [4.78, 5) is 1.00. The predicted octanol–water partition coefficient (Wildman–Crippen LogP) is 6.87. The zero-order valence-corrected chi connectivity index (χ0v) is 15.7. The van der Waals surface area contributed by atoms with Crippen LogP contribution in [-0.2, 0) is 5.41 Å². The molecule has 24 heavy (non-hydrogen) atoms. The van der Waals surface area contributed by atoms with Gasteiger partial charge in [0.25, 0.3) is 0 Å². The Morgan fingerprint density at radius 2 is 1.67 bits per heavy atom. The largest absolute Gasteiger partial charge is 0.143 e. The lowest BCUT2D eigenvalue weighted by molar-refractivity contribution is 0.590. The number of hydrogen-bond acceptors (Lipinski definition) is 1. The first-order chi connectivity index (χ1) is 11.4. The molecule has 0 fully saturated rings. The van der Waals surface area contributed by atoms with Gasteiger partial charge in [-0.3, -0.25) is 0 Å². The molecule has 0 spiro atoms. The molecule has 0 aliphatic heterocycles. The number of fused-ring (bicyclic) bond motifs is 1. The summed E-state index contributed by atoms with van der Waals surface area (Å²) in [5, 5.41) is 2.54. The summed E-state index contributed by atoms with van der Waals surface area (Å²) in [5.41, 5.74) is 5.15. The highest BCUT2D eigenvalue weighted by Crippen LogP contribution is 2.31. The number of aryl methyl sites for hydroxylation is 1. The Morgan fingerprint density at radius 3 is 2.42 bits per heavy atom. The summed E-state index contributed by atoms with van der Waals surface area (Å²) in [6.07, 6.45) is 2.20. The van der Waals surface area contributed by atoms with Gasteiger partial charge >= 0.3 is 0 Å². The maximum absolute atomic E-state index is 4.81. The fourth-order valence-corrected chi connectivity index (χ4v) is 3.23. The van der Waals surface area contributed by atoms with E-state index in [0.29, 0.717) is 0 Å². The number of benzene rings is 3. The van der Waals surface area contributed by atoms with Crippen LogP contribution in [0.5, 0.6) is 0 Å². The third kappa shape index (κ3) is 3.42. The van der Waals surface area contributed by atoms with E-state index in [1.807, 2.05) is 0 Å². The highest BCUT2D eigenvalue weighted by Gasteiger charge is 2.14. The van der Waals surface area contributed by atoms with Gasteiger partial charge in [-0.2, -0.15) is 0 Å². The van der Waals surface area contributed by atoms with Crippen LogP contribution in [0.4, 0.5) is 0 Å². The molecule has 0 nitrogen and oxygen atoms in total. The Morgan fingerprint density at radius 1 is 0.917 bits per heavy atom. The van der Waals surface area contributed by atoms with E-state index in [2.05, 4.69) is 94.4 Å². The third-order valence-electron chi connectivity index (χ3n) is 4.49. The van der Waals surface area contributed by atoms with E-state index in [1.54, 1.807) is 0 Å². The highest BCUT2D eigenvalue weighted by atomic mass is 32.1. The van der Waals surface area contributed by atoms with Crippen LogP contribution in [0.1, 0.15) is 43.0 Å². The van der Waals surface area contributed by atoms with Crippen LogP contribution in [0.2, 0.25) is 0 Å². The van der Waals surface area contributed by atoms with E-state index in [1.165, 1.54) is 27.5 Å². The van der Waals surface area contributed by atoms with E-state index < -0.39 is 0 Å². The van der Waals surface area contributed by atoms with Gasteiger partial charge in [-0.15, -0.1) is 12.6 Å². The van der Waals surface area contributed by atoms with Crippen molar-refractivity contribution in [2.45, 2.75) is 33.1 Å². The summed E-state index contributed by atoms with van der Waals surface area (Å²) in [5.74, 6) is 0. The monoisotopic (exact) mass is 332 g/mol. The molecular formula is C23H24S. The smallest absolute Gasteiger partial charge is 0.0119 e. The topological polar surface area (TPSA) is 0 Å². The van der Waals surface area contributed by atoms with Crippen LogP contribution in [0.15, 0.2) is 60.7 Å². The van der Waals surface area contributed by atoms with Crippen LogP contribution < -0.4 is 0 Å². The first-order valence-corrected chi connectivity index (χ1v) is 8.81. The van der Waals surface area contributed by atoms with Crippen molar-refractivity contribution >= 4 is 34.4 Å². The standard InChI is InChI=1S/C23H24S/c1-16-12-13-17-8-5-6-11-20(17)21(16)15-22(24)18-9-7-10-19(14-18)23(2,3)4/h5-15,24H,1-4H3/b22-15+. The fraction of sp³-hybridized carbons (Fsp3) is 0.217. The van der Waals surface area contributed by atoms with Crippen molar-refractivity contribution in [3.63, 3.8) is 0 Å². The average molecular weight is 333 g/mol. The molecule has 0 saturated carbocycles. The molecule has 0 unspecified atom stereocenters. The van der Waals surface area contributed by atoms with Crippen molar-refractivity contribution < 1.29 is 0 Å². The normalized spacial score (nSPS) is 12.6. The second-order valence-electron chi connectivity index (χ2n) is 7.38. The molecule has 3 aromatic carbocycles. The Kier molecular flexibility index (Phi) is 4.56. The third-order valence-corrected chi connectivity index (χ3v) is 4.88. The van der Waals surface area contributed by atoms with Gasteiger partial charge in [0.2, 0.25) is 0 Å². The molecule has 0 amide bonds. The van der Waals surface area contributed by atoms with E-state index >= 15 is 0 Å². The lowest BCUT2D eigenvalue weighted by Crippen LogP contribution is -2.10. The summed E-state index contributed by atoms with van der Waals surface area (Å²) in [6.45, 7) is 8.87. The van der Waals surface area contributed by atoms with Crippen LogP contribution in [-0.4, -0.2) is 0 Å². The summed E-state index contributed by atoms with van der Waals surface area (Å²) in [6, 6.07) is 21.6. The molecule has 0 aliphatic carbocycles. The molecule has 0 bridgehead atoms. The zero-order chi connectivity index (χ0) is 17.3. The molecule has 0 atom stereocenters. The molecule has 3 aromatic rings. The lowest BCUT2D eigenvalue weighted by Gasteiger charge is -2.20. The van der Waals surface area contributed by atoms with Gasteiger partial charge in [-0.25, -0.2) is 0 Å².